The molecule has 0 fully saturated rings. The molecule has 1 aromatic heterocycles. The van der Waals surface area contributed by atoms with Crippen molar-refractivity contribution in [1.82, 2.24) is 9.97 Å². The molecule has 20 heavy (non-hydrogen) atoms. The Balaban J connectivity index is 3.32. The van der Waals surface area contributed by atoms with Crippen LogP contribution in [0, 0.1) is 17.0 Å². The summed E-state index contributed by atoms with van der Waals surface area (Å²) >= 11 is 1.72. The van der Waals surface area contributed by atoms with Crippen molar-refractivity contribution in [3.05, 3.63) is 15.8 Å². The van der Waals surface area contributed by atoms with E-state index in [2.05, 4.69) is 22.2 Å². The van der Waals surface area contributed by atoms with Crippen LogP contribution in [0.5, 0.6) is 0 Å². The number of hydrogen-bond donors (Lipinski definition) is 1. The Morgan fingerprint density at radius 2 is 2.15 bits per heavy atom. The third-order valence-corrected chi connectivity index (χ3v) is 3.88. The van der Waals surface area contributed by atoms with E-state index in [1.165, 1.54) is 0 Å². The van der Waals surface area contributed by atoms with Crippen molar-refractivity contribution in [2.75, 3.05) is 36.3 Å². The molecule has 1 aromatic rings. The summed E-state index contributed by atoms with van der Waals surface area (Å²) in [6.45, 7) is 3.70. The first-order valence-corrected chi connectivity index (χ1v) is 7.78. The van der Waals surface area contributed by atoms with Gasteiger partial charge in [-0.25, -0.2) is 4.98 Å². The van der Waals surface area contributed by atoms with Gasteiger partial charge in [-0.15, -0.1) is 0 Å². The smallest absolute Gasteiger partial charge is 0.332 e. The Kier molecular flexibility index (Phi) is 6.00. The number of nitrogens with zero attached hydrogens (tertiary/aromatic N) is 4. The fourth-order valence-corrected chi connectivity index (χ4v) is 2.84. The number of nitro groups is 1. The molecule has 112 valence electrons. The molecule has 0 aliphatic carbocycles. The van der Waals surface area contributed by atoms with Crippen molar-refractivity contribution in [1.29, 1.82) is 0 Å². The molecule has 1 atom stereocenters. The van der Waals surface area contributed by atoms with E-state index in [1.807, 2.05) is 18.2 Å². The fourth-order valence-electron chi connectivity index (χ4n) is 1.99. The second-order valence-electron chi connectivity index (χ2n) is 4.44. The molecule has 0 aromatic carbocycles. The highest BCUT2D eigenvalue weighted by molar-refractivity contribution is 7.98. The summed E-state index contributed by atoms with van der Waals surface area (Å²) in [5.74, 6) is 1.66. The molecule has 8 heteroatoms. The predicted molar refractivity (Wildman–Crippen MR) is 83.8 cm³/mol. The maximum atomic E-state index is 11.3. The van der Waals surface area contributed by atoms with Gasteiger partial charge in [-0.1, -0.05) is 6.92 Å². The van der Waals surface area contributed by atoms with E-state index in [-0.39, 0.29) is 11.7 Å². The van der Waals surface area contributed by atoms with Crippen LogP contribution in [0.15, 0.2) is 0 Å². The molecule has 1 unspecified atom stereocenters. The molecule has 0 saturated heterocycles. The average Bonchev–Trinajstić information content (AvgIpc) is 2.42. The van der Waals surface area contributed by atoms with Crippen LogP contribution in [0.4, 0.5) is 17.5 Å². The Bertz CT molecular complexity index is 483. The van der Waals surface area contributed by atoms with Crippen molar-refractivity contribution >= 4 is 29.2 Å². The lowest BCUT2D eigenvalue weighted by molar-refractivity contribution is -0.385. The lowest BCUT2D eigenvalue weighted by Gasteiger charge is -2.27. The van der Waals surface area contributed by atoms with Gasteiger partial charge in [-0.05, 0) is 19.6 Å². The van der Waals surface area contributed by atoms with Crippen molar-refractivity contribution in [2.24, 2.45) is 0 Å². The molecule has 0 aliphatic heterocycles. The Labute approximate surface area is 123 Å². The molecule has 0 bridgehead atoms. The monoisotopic (exact) mass is 299 g/mol. The van der Waals surface area contributed by atoms with Gasteiger partial charge < -0.3 is 10.2 Å². The van der Waals surface area contributed by atoms with E-state index in [9.17, 15) is 10.1 Å². The first-order valence-electron chi connectivity index (χ1n) is 6.38. The minimum Gasteiger partial charge on any atom is -0.357 e. The van der Waals surface area contributed by atoms with Crippen LogP contribution in [-0.4, -0.2) is 47.0 Å². The second kappa shape index (κ2) is 7.28. The number of rotatable bonds is 7. The number of thioether (sulfide) groups is 1. The number of anilines is 2. The van der Waals surface area contributed by atoms with E-state index in [4.69, 9.17) is 0 Å². The summed E-state index contributed by atoms with van der Waals surface area (Å²) in [6.07, 6.45) is 2.92. The van der Waals surface area contributed by atoms with Crippen molar-refractivity contribution in [2.45, 2.75) is 26.3 Å². The number of aryl methyl sites for hydroxylation is 1. The molecule has 1 rings (SSSR count). The molecule has 0 amide bonds. The van der Waals surface area contributed by atoms with Crippen molar-refractivity contribution in [3.8, 4) is 0 Å². The first-order chi connectivity index (χ1) is 9.46. The molecule has 1 heterocycles. The van der Waals surface area contributed by atoms with Crippen LogP contribution in [0.2, 0.25) is 0 Å². The molecule has 0 spiro atoms. The van der Waals surface area contributed by atoms with Gasteiger partial charge in [0.25, 0.3) is 0 Å². The van der Waals surface area contributed by atoms with Crippen LogP contribution < -0.4 is 10.2 Å². The van der Waals surface area contributed by atoms with E-state index in [1.54, 1.807) is 25.7 Å². The van der Waals surface area contributed by atoms with Gasteiger partial charge in [0.15, 0.2) is 0 Å². The lowest BCUT2D eigenvalue weighted by atomic mass is 10.2. The Hall–Kier alpha value is -1.57. The van der Waals surface area contributed by atoms with Crippen LogP contribution in [-0.2, 0) is 0 Å². The first kappa shape index (κ1) is 16.5. The maximum absolute atomic E-state index is 11.3. The van der Waals surface area contributed by atoms with Crippen LogP contribution in [0.1, 0.15) is 19.0 Å². The standard InChI is InChI=1S/C12H21N5O2S/c1-6-9(7-20-5)16(4)11-10(17(18)19)8(2)14-12(13-3)15-11/h9H,6-7H2,1-5H3,(H,13,14,15). The summed E-state index contributed by atoms with van der Waals surface area (Å²) in [5.41, 5.74) is 0.348. The molecule has 0 aliphatic rings. The molecule has 0 saturated carbocycles. The van der Waals surface area contributed by atoms with Gasteiger partial charge in [0.1, 0.15) is 5.69 Å². The van der Waals surface area contributed by atoms with Gasteiger partial charge in [-0.2, -0.15) is 16.7 Å². The topological polar surface area (TPSA) is 84.2 Å². The van der Waals surface area contributed by atoms with Gasteiger partial charge in [0.2, 0.25) is 11.8 Å². The zero-order valence-electron chi connectivity index (χ0n) is 12.5. The molecule has 7 nitrogen and oxygen atoms in total. The highest BCUT2D eigenvalue weighted by Crippen LogP contribution is 2.31. The van der Waals surface area contributed by atoms with Gasteiger partial charge in [0.05, 0.1) is 4.92 Å². The van der Waals surface area contributed by atoms with E-state index in [0.29, 0.717) is 17.5 Å². The normalized spacial score (nSPS) is 12.1. The number of nitrogens with one attached hydrogen (secondary N) is 1. The SMILES string of the molecule is CCC(CSC)N(C)c1nc(NC)nc(C)c1[N+](=O)[O-]. The number of aromatic nitrogens is 2. The molecule has 1 N–H and O–H groups in total. The Morgan fingerprint density at radius 3 is 2.60 bits per heavy atom. The zero-order valence-corrected chi connectivity index (χ0v) is 13.3. The molecular formula is C12H21N5O2S. The van der Waals surface area contributed by atoms with Gasteiger partial charge in [-0.3, -0.25) is 10.1 Å². The predicted octanol–water partition coefficient (Wildman–Crippen LogP) is 2.31. The second-order valence-corrected chi connectivity index (χ2v) is 5.35. The van der Waals surface area contributed by atoms with Crippen LogP contribution in [0.25, 0.3) is 0 Å². The summed E-state index contributed by atoms with van der Waals surface area (Å²) in [6, 6.07) is 0.197. The highest BCUT2D eigenvalue weighted by Gasteiger charge is 2.27. The molecular weight excluding hydrogens is 278 g/mol. The summed E-state index contributed by atoms with van der Waals surface area (Å²) < 4.78 is 0. The zero-order chi connectivity index (χ0) is 15.3. The maximum Gasteiger partial charge on any atom is 0.332 e. The summed E-state index contributed by atoms with van der Waals surface area (Å²) in [7, 11) is 3.54. The third kappa shape index (κ3) is 3.50. The van der Waals surface area contributed by atoms with Crippen molar-refractivity contribution < 1.29 is 4.92 Å². The van der Waals surface area contributed by atoms with Gasteiger partial charge in [0, 0.05) is 25.9 Å². The lowest BCUT2D eigenvalue weighted by Crippen LogP contribution is -2.34. The largest absolute Gasteiger partial charge is 0.357 e. The highest BCUT2D eigenvalue weighted by atomic mass is 32.2. The minimum atomic E-state index is -0.410. The summed E-state index contributed by atoms with van der Waals surface area (Å²) in [4.78, 5) is 21.1. The van der Waals surface area contributed by atoms with E-state index < -0.39 is 4.92 Å². The third-order valence-electron chi connectivity index (χ3n) is 3.16. The summed E-state index contributed by atoms with van der Waals surface area (Å²) in [5, 5.41) is 14.1. The fraction of sp³-hybridized carbons (Fsp3) is 0.667. The van der Waals surface area contributed by atoms with Gasteiger partial charge >= 0.3 is 5.69 Å². The van der Waals surface area contributed by atoms with Crippen molar-refractivity contribution in [3.63, 3.8) is 0 Å². The van der Waals surface area contributed by atoms with Crippen LogP contribution >= 0.6 is 11.8 Å². The Morgan fingerprint density at radius 1 is 1.50 bits per heavy atom. The van der Waals surface area contributed by atoms with E-state index >= 15 is 0 Å². The minimum absolute atomic E-state index is 0.0222. The van der Waals surface area contributed by atoms with Crippen LogP contribution in [0.3, 0.4) is 0 Å². The number of hydrogen-bond acceptors (Lipinski definition) is 7. The van der Waals surface area contributed by atoms with E-state index in [0.717, 1.165) is 12.2 Å². The molecule has 0 radical (unpaired) electrons. The quantitative estimate of drug-likeness (QED) is 0.611. The average molecular weight is 299 g/mol.